The van der Waals surface area contributed by atoms with Gasteiger partial charge in [0.05, 0.1) is 16.3 Å². The van der Waals surface area contributed by atoms with E-state index in [2.05, 4.69) is 10.1 Å². The maximum atomic E-state index is 11.8. The molecule has 0 fully saturated rings. The molecular formula is C17H13ClN2O4S. The lowest BCUT2D eigenvalue weighted by Gasteiger charge is -2.01. The summed E-state index contributed by atoms with van der Waals surface area (Å²) in [6.45, 7) is -0.149. The predicted molar refractivity (Wildman–Crippen MR) is 92.4 cm³/mol. The second-order valence-electron chi connectivity index (χ2n) is 5.05. The molecule has 0 radical (unpaired) electrons. The summed E-state index contributed by atoms with van der Waals surface area (Å²) >= 11 is 7.42. The molecule has 8 heteroatoms. The molecule has 0 unspecified atom stereocenters. The Labute approximate surface area is 152 Å². The van der Waals surface area contributed by atoms with Crippen LogP contribution in [0.4, 0.5) is 0 Å². The van der Waals surface area contributed by atoms with E-state index in [1.807, 2.05) is 11.4 Å². The number of carbonyl (C=O) groups excluding carboxylic acids is 2. The van der Waals surface area contributed by atoms with Gasteiger partial charge in [-0.1, -0.05) is 35.0 Å². The second-order valence-corrected chi connectivity index (χ2v) is 6.41. The van der Waals surface area contributed by atoms with E-state index in [0.29, 0.717) is 21.3 Å². The van der Waals surface area contributed by atoms with Gasteiger partial charge in [-0.15, -0.1) is 11.3 Å². The normalized spacial score (nSPS) is 10.6. The summed E-state index contributed by atoms with van der Waals surface area (Å²) in [6, 6.07) is 10.6. The number of aromatic nitrogens is 2. The van der Waals surface area contributed by atoms with Crippen LogP contribution in [0.5, 0.6) is 0 Å². The van der Waals surface area contributed by atoms with Crippen molar-refractivity contribution in [3.05, 3.63) is 57.6 Å². The summed E-state index contributed by atoms with van der Waals surface area (Å²) in [7, 11) is 0. The molecule has 1 aromatic carbocycles. The molecule has 6 nitrogen and oxygen atoms in total. The van der Waals surface area contributed by atoms with Crippen molar-refractivity contribution in [2.75, 3.05) is 0 Å². The lowest BCUT2D eigenvalue weighted by molar-refractivity contribution is -0.145. The monoisotopic (exact) mass is 376 g/mol. The van der Waals surface area contributed by atoms with Crippen LogP contribution >= 0.6 is 22.9 Å². The van der Waals surface area contributed by atoms with E-state index in [4.69, 9.17) is 20.9 Å². The molecule has 0 N–H and O–H groups in total. The molecule has 0 atom stereocenters. The van der Waals surface area contributed by atoms with Crippen molar-refractivity contribution in [2.24, 2.45) is 0 Å². The number of ketones is 1. The largest absolute Gasteiger partial charge is 0.456 e. The van der Waals surface area contributed by atoms with E-state index >= 15 is 0 Å². The topological polar surface area (TPSA) is 82.3 Å². The zero-order valence-electron chi connectivity index (χ0n) is 13.0. The van der Waals surface area contributed by atoms with Crippen LogP contribution in [0.1, 0.15) is 28.4 Å². The zero-order valence-corrected chi connectivity index (χ0v) is 14.5. The van der Waals surface area contributed by atoms with Crippen LogP contribution in [-0.2, 0) is 16.1 Å². The minimum absolute atomic E-state index is 0.00222. The number of hydrogen-bond donors (Lipinski definition) is 0. The molecule has 0 aliphatic rings. The molecule has 0 spiro atoms. The van der Waals surface area contributed by atoms with Crippen LogP contribution in [0.3, 0.4) is 0 Å². The number of thiophene rings is 1. The molecule has 2 heterocycles. The van der Waals surface area contributed by atoms with E-state index in [0.717, 1.165) is 0 Å². The Morgan fingerprint density at radius 3 is 2.76 bits per heavy atom. The van der Waals surface area contributed by atoms with Crippen LogP contribution in [0.25, 0.3) is 11.4 Å². The molecule has 128 valence electrons. The van der Waals surface area contributed by atoms with E-state index in [9.17, 15) is 9.59 Å². The third kappa shape index (κ3) is 4.52. The summed E-state index contributed by atoms with van der Waals surface area (Å²) in [5, 5.41) is 6.13. The highest BCUT2D eigenvalue weighted by Crippen LogP contribution is 2.25. The van der Waals surface area contributed by atoms with Gasteiger partial charge in [0.2, 0.25) is 5.82 Å². The van der Waals surface area contributed by atoms with Gasteiger partial charge in [0.1, 0.15) is 0 Å². The average Bonchev–Trinajstić information content (AvgIpc) is 3.30. The van der Waals surface area contributed by atoms with E-state index in [-0.39, 0.29) is 31.1 Å². The summed E-state index contributed by atoms with van der Waals surface area (Å²) < 4.78 is 10.1. The number of Topliss-reactive ketones (excluding diaryl/α,β-unsaturated/α-hetero) is 1. The summed E-state index contributed by atoms with van der Waals surface area (Å²) in [4.78, 5) is 28.3. The molecule has 0 aliphatic carbocycles. The first kappa shape index (κ1) is 17.3. The third-order valence-corrected chi connectivity index (χ3v) is 4.53. The molecule has 0 bridgehead atoms. The standard InChI is InChI=1S/C17H13ClN2O4S/c18-12-5-2-1-4-11(12)17-19-15(24-20-17)10-23-16(22)8-7-13(21)14-6-3-9-25-14/h1-6,9H,7-8,10H2. The maximum Gasteiger partial charge on any atom is 0.306 e. The number of rotatable bonds is 7. The molecular weight excluding hydrogens is 364 g/mol. The number of hydrogen-bond acceptors (Lipinski definition) is 7. The minimum atomic E-state index is -0.498. The molecule has 0 amide bonds. The van der Waals surface area contributed by atoms with Gasteiger partial charge in [-0.05, 0) is 23.6 Å². The highest BCUT2D eigenvalue weighted by atomic mass is 35.5. The fraction of sp³-hybridized carbons (Fsp3) is 0.176. The molecule has 2 aromatic heterocycles. The van der Waals surface area contributed by atoms with Gasteiger partial charge >= 0.3 is 5.97 Å². The Morgan fingerprint density at radius 1 is 1.16 bits per heavy atom. The number of ether oxygens (including phenoxy) is 1. The molecule has 0 aliphatic heterocycles. The molecule has 3 aromatic rings. The van der Waals surface area contributed by atoms with Crippen molar-refractivity contribution >= 4 is 34.7 Å². The number of halogens is 1. The van der Waals surface area contributed by atoms with Crippen LogP contribution in [0.15, 0.2) is 46.3 Å². The molecule has 3 rings (SSSR count). The van der Waals surface area contributed by atoms with Crippen molar-refractivity contribution in [3.8, 4) is 11.4 Å². The first-order valence-corrected chi connectivity index (χ1v) is 8.69. The lowest BCUT2D eigenvalue weighted by Crippen LogP contribution is -2.07. The fourth-order valence-corrected chi connectivity index (χ4v) is 2.97. The number of carbonyl (C=O) groups is 2. The van der Waals surface area contributed by atoms with Gasteiger partial charge in [-0.2, -0.15) is 4.98 Å². The maximum absolute atomic E-state index is 11.8. The quantitative estimate of drug-likeness (QED) is 0.455. The summed E-state index contributed by atoms with van der Waals surface area (Å²) in [6.07, 6.45) is 0.107. The fourth-order valence-electron chi connectivity index (χ4n) is 2.06. The Hall–Kier alpha value is -2.51. The van der Waals surface area contributed by atoms with Crippen molar-refractivity contribution in [2.45, 2.75) is 19.4 Å². The third-order valence-electron chi connectivity index (χ3n) is 3.29. The highest BCUT2D eigenvalue weighted by Gasteiger charge is 2.14. The van der Waals surface area contributed by atoms with Crippen molar-refractivity contribution in [1.29, 1.82) is 0 Å². The summed E-state index contributed by atoms with van der Waals surface area (Å²) in [5.41, 5.74) is 0.632. The summed E-state index contributed by atoms with van der Waals surface area (Å²) in [5.74, 6) is -0.0921. The van der Waals surface area contributed by atoms with Crippen LogP contribution in [0.2, 0.25) is 5.02 Å². The smallest absolute Gasteiger partial charge is 0.306 e. The SMILES string of the molecule is O=C(CCC(=O)c1cccs1)OCc1nc(-c2ccccc2Cl)no1. The molecule has 0 saturated carbocycles. The van der Waals surface area contributed by atoms with Crippen molar-refractivity contribution in [3.63, 3.8) is 0 Å². The van der Waals surface area contributed by atoms with Gasteiger partial charge in [0.15, 0.2) is 12.4 Å². The predicted octanol–water partition coefficient (Wildman–Crippen LogP) is 4.16. The minimum Gasteiger partial charge on any atom is -0.456 e. The second kappa shape index (κ2) is 8.04. The lowest BCUT2D eigenvalue weighted by atomic mass is 10.2. The Bertz CT molecular complexity index is 876. The zero-order chi connectivity index (χ0) is 17.6. The van der Waals surface area contributed by atoms with E-state index in [1.54, 1.807) is 30.3 Å². The highest BCUT2D eigenvalue weighted by molar-refractivity contribution is 7.12. The molecule has 0 saturated heterocycles. The van der Waals surface area contributed by atoms with Crippen molar-refractivity contribution < 1.29 is 18.8 Å². The molecule has 25 heavy (non-hydrogen) atoms. The Morgan fingerprint density at radius 2 is 2.00 bits per heavy atom. The van der Waals surface area contributed by atoms with Gasteiger partial charge < -0.3 is 9.26 Å². The van der Waals surface area contributed by atoms with Gasteiger partial charge in [-0.3, -0.25) is 9.59 Å². The van der Waals surface area contributed by atoms with Crippen LogP contribution in [-0.4, -0.2) is 21.9 Å². The van der Waals surface area contributed by atoms with Gasteiger partial charge in [0.25, 0.3) is 5.89 Å². The first-order chi connectivity index (χ1) is 12.1. The van der Waals surface area contributed by atoms with E-state index < -0.39 is 5.97 Å². The number of esters is 1. The number of benzene rings is 1. The van der Waals surface area contributed by atoms with E-state index in [1.165, 1.54) is 11.3 Å². The van der Waals surface area contributed by atoms with Gasteiger partial charge in [0, 0.05) is 12.0 Å². The first-order valence-electron chi connectivity index (χ1n) is 7.43. The average molecular weight is 377 g/mol. The van der Waals surface area contributed by atoms with Crippen molar-refractivity contribution in [1.82, 2.24) is 10.1 Å². The number of nitrogens with zero attached hydrogens (tertiary/aromatic N) is 2. The van der Waals surface area contributed by atoms with Gasteiger partial charge in [-0.25, -0.2) is 0 Å². The van der Waals surface area contributed by atoms with Crippen LogP contribution in [0, 0.1) is 0 Å². The van der Waals surface area contributed by atoms with Crippen LogP contribution < -0.4 is 0 Å². The Balaban J connectivity index is 1.50. The Kier molecular flexibility index (Phi) is 5.57.